The Kier molecular flexibility index (Phi) is 5.93. The lowest BCUT2D eigenvalue weighted by molar-refractivity contribution is -0.115. The van der Waals surface area contributed by atoms with Crippen molar-refractivity contribution in [1.29, 1.82) is 0 Å². The summed E-state index contributed by atoms with van der Waals surface area (Å²) in [5.41, 5.74) is 3.85. The Morgan fingerprint density at radius 2 is 1.85 bits per heavy atom. The van der Waals surface area contributed by atoms with Crippen LogP contribution in [0.2, 0.25) is 0 Å². The molecule has 8 heteroatoms. The van der Waals surface area contributed by atoms with E-state index >= 15 is 0 Å². The summed E-state index contributed by atoms with van der Waals surface area (Å²) in [5, 5.41) is 6.37. The van der Waals surface area contributed by atoms with Gasteiger partial charge in [-0.3, -0.25) is 9.59 Å². The number of hydrogen-bond donors (Lipinski definition) is 1. The molecule has 168 valence electrons. The number of rotatable bonds is 5. The predicted molar refractivity (Wildman–Crippen MR) is 128 cm³/mol. The quantitative estimate of drug-likeness (QED) is 0.472. The lowest BCUT2D eigenvalue weighted by atomic mass is 10.1. The third-order valence-electron chi connectivity index (χ3n) is 5.54. The SMILES string of the molecule is Cc1ccc(-c2nc(CC(=O)Nc3c(C(=O)N4CCOCC4)oc4ccccc34)cs2)cc1. The van der Waals surface area contributed by atoms with Crippen molar-refractivity contribution in [3.05, 3.63) is 70.9 Å². The van der Waals surface area contributed by atoms with Gasteiger partial charge in [-0.25, -0.2) is 4.98 Å². The summed E-state index contributed by atoms with van der Waals surface area (Å²) >= 11 is 1.51. The van der Waals surface area contributed by atoms with Crippen molar-refractivity contribution in [1.82, 2.24) is 9.88 Å². The molecule has 2 amide bonds. The summed E-state index contributed by atoms with van der Waals surface area (Å²) in [5.74, 6) is -0.358. The molecule has 0 atom stereocenters. The number of fused-ring (bicyclic) bond motifs is 1. The molecule has 1 fully saturated rings. The number of nitrogens with zero attached hydrogens (tertiary/aromatic N) is 2. The van der Waals surface area contributed by atoms with Gasteiger partial charge in [0.05, 0.1) is 25.3 Å². The van der Waals surface area contributed by atoms with Gasteiger partial charge < -0.3 is 19.4 Å². The number of amides is 2. The Labute approximate surface area is 195 Å². The lowest BCUT2D eigenvalue weighted by Gasteiger charge is -2.26. The third kappa shape index (κ3) is 4.53. The van der Waals surface area contributed by atoms with E-state index in [0.29, 0.717) is 48.7 Å². The van der Waals surface area contributed by atoms with E-state index in [1.54, 1.807) is 11.0 Å². The molecule has 4 aromatic rings. The number of anilines is 1. The summed E-state index contributed by atoms with van der Waals surface area (Å²) in [6.07, 6.45) is 0.104. The van der Waals surface area contributed by atoms with Crippen molar-refractivity contribution in [2.45, 2.75) is 13.3 Å². The first-order chi connectivity index (χ1) is 16.1. The summed E-state index contributed by atoms with van der Waals surface area (Å²) in [6, 6.07) is 15.4. The van der Waals surface area contributed by atoms with Gasteiger partial charge in [-0.05, 0) is 19.1 Å². The van der Waals surface area contributed by atoms with Crippen molar-refractivity contribution in [2.24, 2.45) is 0 Å². The van der Waals surface area contributed by atoms with Gasteiger partial charge in [0.25, 0.3) is 5.91 Å². The van der Waals surface area contributed by atoms with E-state index in [-0.39, 0.29) is 24.0 Å². The number of carbonyl (C=O) groups is 2. The molecule has 7 nitrogen and oxygen atoms in total. The van der Waals surface area contributed by atoms with Crippen molar-refractivity contribution in [3.8, 4) is 10.6 Å². The molecule has 1 N–H and O–H groups in total. The van der Waals surface area contributed by atoms with Crippen LogP contribution >= 0.6 is 11.3 Å². The van der Waals surface area contributed by atoms with E-state index in [1.807, 2.05) is 54.8 Å². The van der Waals surface area contributed by atoms with Gasteiger partial charge >= 0.3 is 0 Å². The summed E-state index contributed by atoms with van der Waals surface area (Å²) in [7, 11) is 0. The van der Waals surface area contributed by atoms with Crippen LogP contribution in [0.1, 0.15) is 21.8 Å². The van der Waals surface area contributed by atoms with Crippen LogP contribution in [0.15, 0.2) is 58.3 Å². The normalized spacial score (nSPS) is 13.9. The zero-order valence-electron chi connectivity index (χ0n) is 18.2. The van der Waals surface area contributed by atoms with Crippen LogP contribution in [-0.4, -0.2) is 48.0 Å². The summed E-state index contributed by atoms with van der Waals surface area (Å²) in [4.78, 5) is 32.4. The molecule has 0 saturated carbocycles. The van der Waals surface area contributed by atoms with Crippen molar-refractivity contribution in [2.75, 3.05) is 31.6 Å². The fourth-order valence-corrected chi connectivity index (χ4v) is 4.62. The molecule has 0 unspecified atom stereocenters. The standard InChI is InChI=1S/C25H23N3O4S/c1-16-6-8-17(9-7-16)24-26-18(15-33-24)14-21(29)27-22-19-4-2-3-5-20(19)32-23(22)25(30)28-10-12-31-13-11-28/h2-9,15H,10-14H2,1H3,(H,27,29). The molecule has 33 heavy (non-hydrogen) atoms. The number of benzene rings is 2. The Balaban J connectivity index is 1.37. The molecular formula is C25H23N3O4S. The first-order valence-electron chi connectivity index (χ1n) is 10.8. The van der Waals surface area contributed by atoms with Crippen LogP contribution in [0.5, 0.6) is 0 Å². The lowest BCUT2D eigenvalue weighted by Crippen LogP contribution is -2.40. The number of ether oxygens (including phenoxy) is 1. The maximum atomic E-state index is 13.1. The van der Waals surface area contributed by atoms with Gasteiger partial charge in [0, 0.05) is 29.4 Å². The highest BCUT2D eigenvalue weighted by molar-refractivity contribution is 7.13. The summed E-state index contributed by atoms with van der Waals surface area (Å²) < 4.78 is 11.2. The van der Waals surface area contributed by atoms with E-state index in [1.165, 1.54) is 16.9 Å². The molecule has 3 heterocycles. The highest BCUT2D eigenvalue weighted by Crippen LogP contribution is 2.32. The molecule has 0 aliphatic carbocycles. The molecular weight excluding hydrogens is 438 g/mol. The highest BCUT2D eigenvalue weighted by atomic mass is 32.1. The maximum absolute atomic E-state index is 13.1. The van der Waals surface area contributed by atoms with E-state index < -0.39 is 0 Å². The average molecular weight is 462 g/mol. The fraction of sp³-hybridized carbons (Fsp3) is 0.240. The van der Waals surface area contributed by atoms with E-state index in [2.05, 4.69) is 10.3 Å². The molecule has 1 saturated heterocycles. The topological polar surface area (TPSA) is 84.7 Å². The fourth-order valence-electron chi connectivity index (χ4n) is 3.80. The van der Waals surface area contributed by atoms with Crippen LogP contribution in [0.3, 0.4) is 0 Å². The smallest absolute Gasteiger partial charge is 0.291 e. The second kappa shape index (κ2) is 9.17. The van der Waals surface area contributed by atoms with Gasteiger partial charge in [0.2, 0.25) is 11.7 Å². The number of morpholine rings is 1. The zero-order valence-corrected chi connectivity index (χ0v) is 19.0. The first kappa shape index (κ1) is 21.4. The maximum Gasteiger partial charge on any atom is 0.291 e. The number of hydrogen-bond acceptors (Lipinski definition) is 6. The molecule has 0 spiro atoms. The van der Waals surface area contributed by atoms with Crippen molar-refractivity contribution < 1.29 is 18.7 Å². The minimum atomic E-state index is -0.252. The second-order valence-electron chi connectivity index (χ2n) is 7.94. The van der Waals surface area contributed by atoms with Gasteiger partial charge in [-0.15, -0.1) is 11.3 Å². The van der Waals surface area contributed by atoms with Crippen molar-refractivity contribution in [3.63, 3.8) is 0 Å². The van der Waals surface area contributed by atoms with Crippen LogP contribution < -0.4 is 5.32 Å². The minimum absolute atomic E-state index is 0.104. The number of nitrogens with one attached hydrogen (secondary N) is 1. The van der Waals surface area contributed by atoms with E-state index in [9.17, 15) is 9.59 Å². The highest BCUT2D eigenvalue weighted by Gasteiger charge is 2.27. The van der Waals surface area contributed by atoms with Gasteiger partial charge in [0.15, 0.2) is 0 Å². The minimum Gasteiger partial charge on any atom is -0.449 e. The van der Waals surface area contributed by atoms with Gasteiger partial charge in [-0.2, -0.15) is 0 Å². The Morgan fingerprint density at radius 1 is 1.09 bits per heavy atom. The number of thiazole rings is 1. The average Bonchev–Trinajstić information content (AvgIpc) is 3.45. The number of para-hydroxylation sites is 1. The number of aromatic nitrogens is 1. The summed E-state index contributed by atoms with van der Waals surface area (Å²) in [6.45, 7) is 3.99. The van der Waals surface area contributed by atoms with Crippen LogP contribution in [0.4, 0.5) is 5.69 Å². The molecule has 2 aromatic heterocycles. The largest absolute Gasteiger partial charge is 0.449 e. The Hall–Kier alpha value is -3.49. The third-order valence-corrected chi connectivity index (χ3v) is 6.48. The first-order valence-corrected chi connectivity index (χ1v) is 11.7. The zero-order chi connectivity index (χ0) is 22.8. The molecule has 0 bridgehead atoms. The monoisotopic (exact) mass is 461 g/mol. The predicted octanol–water partition coefficient (Wildman–Crippen LogP) is 4.52. The molecule has 0 radical (unpaired) electrons. The van der Waals surface area contributed by atoms with Crippen LogP contribution in [0, 0.1) is 6.92 Å². The van der Waals surface area contributed by atoms with E-state index in [4.69, 9.17) is 9.15 Å². The molecule has 2 aromatic carbocycles. The number of carbonyl (C=O) groups excluding carboxylic acids is 2. The number of furan rings is 1. The van der Waals surface area contributed by atoms with E-state index in [0.717, 1.165) is 10.6 Å². The van der Waals surface area contributed by atoms with Gasteiger partial charge in [0.1, 0.15) is 16.3 Å². The molecule has 1 aliphatic rings. The van der Waals surface area contributed by atoms with Crippen molar-refractivity contribution >= 4 is 39.8 Å². The Bertz CT molecular complexity index is 1300. The Morgan fingerprint density at radius 3 is 2.64 bits per heavy atom. The second-order valence-corrected chi connectivity index (χ2v) is 8.80. The number of aryl methyl sites for hydroxylation is 1. The van der Waals surface area contributed by atoms with Crippen LogP contribution in [0.25, 0.3) is 21.5 Å². The van der Waals surface area contributed by atoms with Gasteiger partial charge in [-0.1, -0.05) is 42.0 Å². The molecule has 5 rings (SSSR count). The molecule has 1 aliphatic heterocycles. The van der Waals surface area contributed by atoms with Crippen LogP contribution in [-0.2, 0) is 16.0 Å².